The second-order valence-corrected chi connectivity index (χ2v) is 4.98. The molecule has 100 valence electrons. The molecule has 7 heteroatoms. The second-order valence-electron chi connectivity index (χ2n) is 4.62. The van der Waals surface area contributed by atoms with Crippen LogP contribution in [-0.2, 0) is 4.74 Å². The Morgan fingerprint density at radius 1 is 1.47 bits per heavy atom. The summed E-state index contributed by atoms with van der Waals surface area (Å²) < 4.78 is 5.20. The molecule has 1 atom stereocenters. The molecule has 0 saturated carbocycles. The Morgan fingerprint density at radius 2 is 2.37 bits per heavy atom. The first-order valence-electron chi connectivity index (χ1n) is 5.99. The second kappa shape index (κ2) is 4.88. The van der Waals surface area contributed by atoms with Crippen LogP contribution in [0, 0.1) is 0 Å². The average molecular weight is 281 g/mol. The number of rotatable bonds is 3. The number of pyridine rings is 1. The summed E-state index contributed by atoms with van der Waals surface area (Å²) in [5.74, 6) is 0.563. The van der Waals surface area contributed by atoms with Gasteiger partial charge in [-0.2, -0.15) is 0 Å². The molecule has 0 spiro atoms. The Morgan fingerprint density at radius 3 is 3.16 bits per heavy atom. The lowest BCUT2D eigenvalue weighted by Gasteiger charge is -2.21. The molecule has 2 aromatic rings. The Balaban J connectivity index is 1.87. The molecule has 0 radical (unpaired) electrons. The number of aromatic nitrogens is 3. The minimum atomic E-state index is -0.851. The van der Waals surface area contributed by atoms with Gasteiger partial charge in [0, 0.05) is 31.2 Å². The maximum atomic E-state index is 10.2. The van der Waals surface area contributed by atoms with Gasteiger partial charge in [0.2, 0.25) is 0 Å². The first-order chi connectivity index (χ1) is 9.18. The van der Waals surface area contributed by atoms with Crippen molar-refractivity contribution in [1.82, 2.24) is 15.2 Å². The fourth-order valence-electron chi connectivity index (χ4n) is 2.07. The zero-order valence-electron chi connectivity index (χ0n) is 10.1. The highest BCUT2D eigenvalue weighted by molar-refractivity contribution is 6.33. The van der Waals surface area contributed by atoms with Crippen LogP contribution in [0.5, 0.6) is 0 Å². The van der Waals surface area contributed by atoms with Crippen LogP contribution >= 0.6 is 11.6 Å². The van der Waals surface area contributed by atoms with Crippen molar-refractivity contribution in [3.05, 3.63) is 23.5 Å². The SMILES string of the molecule is OC1(CNc2nnc(Cl)c3ncccc23)CCOC1. The summed E-state index contributed by atoms with van der Waals surface area (Å²) in [5, 5.41) is 22.2. The summed E-state index contributed by atoms with van der Waals surface area (Å²) >= 11 is 5.95. The van der Waals surface area contributed by atoms with E-state index in [1.165, 1.54) is 0 Å². The van der Waals surface area contributed by atoms with Gasteiger partial charge in [-0.3, -0.25) is 4.98 Å². The predicted octanol–water partition coefficient (Wildman–Crippen LogP) is 1.24. The standard InChI is InChI=1S/C12H13ClN4O2/c13-10-9-8(2-1-4-14-9)11(17-16-10)15-6-12(18)3-5-19-7-12/h1-2,4,18H,3,5-7H2,(H,15,17). The monoisotopic (exact) mass is 280 g/mol. The first-order valence-corrected chi connectivity index (χ1v) is 6.37. The number of hydrogen-bond donors (Lipinski definition) is 2. The third-order valence-electron chi connectivity index (χ3n) is 3.16. The Hall–Kier alpha value is -1.50. The van der Waals surface area contributed by atoms with E-state index in [-0.39, 0.29) is 5.15 Å². The van der Waals surface area contributed by atoms with Gasteiger partial charge in [0.05, 0.1) is 6.61 Å². The lowest BCUT2D eigenvalue weighted by atomic mass is 10.0. The summed E-state index contributed by atoms with van der Waals surface area (Å²) in [6.45, 7) is 1.26. The zero-order chi connectivity index (χ0) is 13.3. The largest absolute Gasteiger partial charge is 0.386 e. The molecule has 3 rings (SSSR count). The van der Waals surface area contributed by atoms with Crippen LogP contribution in [0.1, 0.15) is 6.42 Å². The number of ether oxygens (including phenoxy) is 1. The molecule has 2 N–H and O–H groups in total. The first kappa shape index (κ1) is 12.5. The van der Waals surface area contributed by atoms with Gasteiger partial charge in [-0.05, 0) is 12.1 Å². The van der Waals surface area contributed by atoms with Gasteiger partial charge in [0.25, 0.3) is 0 Å². The fraction of sp³-hybridized carbons (Fsp3) is 0.417. The van der Waals surface area contributed by atoms with Crippen LogP contribution < -0.4 is 5.32 Å². The molecule has 2 aromatic heterocycles. The minimum absolute atomic E-state index is 0.268. The fourth-order valence-corrected chi connectivity index (χ4v) is 2.26. The predicted molar refractivity (Wildman–Crippen MR) is 71.2 cm³/mol. The van der Waals surface area contributed by atoms with Crippen molar-refractivity contribution in [2.24, 2.45) is 0 Å². The maximum absolute atomic E-state index is 10.2. The normalized spacial score (nSPS) is 22.8. The highest BCUT2D eigenvalue weighted by atomic mass is 35.5. The molecule has 0 aromatic carbocycles. The number of halogens is 1. The van der Waals surface area contributed by atoms with E-state index in [2.05, 4.69) is 20.5 Å². The van der Waals surface area contributed by atoms with Crippen molar-refractivity contribution < 1.29 is 9.84 Å². The molecule has 3 heterocycles. The number of nitrogens with zero attached hydrogens (tertiary/aromatic N) is 3. The van der Waals surface area contributed by atoms with Crippen LogP contribution in [0.15, 0.2) is 18.3 Å². The highest BCUT2D eigenvalue weighted by Gasteiger charge is 2.32. The summed E-state index contributed by atoms with van der Waals surface area (Å²) in [6.07, 6.45) is 2.26. The van der Waals surface area contributed by atoms with Crippen molar-refractivity contribution in [2.45, 2.75) is 12.0 Å². The number of anilines is 1. The lowest BCUT2D eigenvalue weighted by molar-refractivity contribution is 0.0381. The van der Waals surface area contributed by atoms with Crippen molar-refractivity contribution >= 4 is 28.3 Å². The molecule has 1 aliphatic rings. The number of fused-ring (bicyclic) bond motifs is 1. The van der Waals surface area contributed by atoms with Gasteiger partial charge >= 0.3 is 0 Å². The van der Waals surface area contributed by atoms with E-state index in [1.54, 1.807) is 12.3 Å². The summed E-state index contributed by atoms with van der Waals surface area (Å²) in [6, 6.07) is 3.67. The van der Waals surface area contributed by atoms with Crippen molar-refractivity contribution in [3.63, 3.8) is 0 Å². The van der Waals surface area contributed by atoms with Gasteiger partial charge in [-0.1, -0.05) is 11.6 Å². The quantitative estimate of drug-likeness (QED) is 0.881. The van der Waals surface area contributed by atoms with Gasteiger partial charge in [-0.15, -0.1) is 10.2 Å². The van der Waals surface area contributed by atoms with E-state index in [4.69, 9.17) is 16.3 Å². The van der Waals surface area contributed by atoms with E-state index in [1.807, 2.05) is 6.07 Å². The van der Waals surface area contributed by atoms with Crippen molar-refractivity contribution in [2.75, 3.05) is 25.1 Å². The molecule has 0 amide bonds. The lowest BCUT2D eigenvalue weighted by Crippen LogP contribution is -2.37. The topological polar surface area (TPSA) is 80.2 Å². The molecule has 1 unspecified atom stereocenters. The van der Waals surface area contributed by atoms with Crippen molar-refractivity contribution in [1.29, 1.82) is 0 Å². The highest BCUT2D eigenvalue weighted by Crippen LogP contribution is 2.25. The number of hydrogen-bond acceptors (Lipinski definition) is 6. The Bertz CT molecular complexity index is 601. The maximum Gasteiger partial charge on any atom is 0.178 e. The van der Waals surface area contributed by atoms with E-state index in [0.717, 1.165) is 5.39 Å². The number of nitrogens with one attached hydrogen (secondary N) is 1. The van der Waals surface area contributed by atoms with Crippen LogP contribution in [0.2, 0.25) is 5.15 Å². The van der Waals surface area contributed by atoms with Gasteiger partial charge in [0.1, 0.15) is 11.1 Å². The third-order valence-corrected chi connectivity index (χ3v) is 3.42. The van der Waals surface area contributed by atoms with E-state index < -0.39 is 5.60 Å². The molecule has 6 nitrogen and oxygen atoms in total. The molecule has 1 saturated heterocycles. The molecule has 0 aliphatic carbocycles. The third kappa shape index (κ3) is 2.47. The average Bonchev–Trinajstić information content (AvgIpc) is 2.86. The van der Waals surface area contributed by atoms with Crippen LogP contribution in [0.4, 0.5) is 5.82 Å². The van der Waals surface area contributed by atoms with Gasteiger partial charge in [-0.25, -0.2) is 0 Å². The molecule has 1 aliphatic heterocycles. The summed E-state index contributed by atoms with van der Waals surface area (Å²) in [7, 11) is 0. The van der Waals surface area contributed by atoms with E-state index in [9.17, 15) is 5.11 Å². The van der Waals surface area contributed by atoms with Crippen LogP contribution in [0.3, 0.4) is 0 Å². The van der Waals surface area contributed by atoms with Crippen LogP contribution in [-0.4, -0.2) is 45.6 Å². The summed E-state index contributed by atoms with van der Waals surface area (Å²) in [4.78, 5) is 4.18. The number of aliphatic hydroxyl groups is 1. The molecular weight excluding hydrogens is 268 g/mol. The minimum Gasteiger partial charge on any atom is -0.386 e. The molecular formula is C12H13ClN4O2. The molecule has 0 bridgehead atoms. The van der Waals surface area contributed by atoms with Gasteiger partial charge in [0.15, 0.2) is 11.0 Å². The van der Waals surface area contributed by atoms with E-state index >= 15 is 0 Å². The summed E-state index contributed by atoms with van der Waals surface area (Å²) in [5.41, 5.74) is -0.258. The smallest absolute Gasteiger partial charge is 0.178 e. The molecule has 19 heavy (non-hydrogen) atoms. The Kier molecular flexibility index (Phi) is 3.22. The molecule has 1 fully saturated rings. The van der Waals surface area contributed by atoms with E-state index in [0.29, 0.717) is 37.5 Å². The zero-order valence-corrected chi connectivity index (χ0v) is 10.9. The van der Waals surface area contributed by atoms with Gasteiger partial charge < -0.3 is 15.2 Å². The van der Waals surface area contributed by atoms with Crippen LogP contribution in [0.25, 0.3) is 10.9 Å². The van der Waals surface area contributed by atoms with Crippen molar-refractivity contribution in [3.8, 4) is 0 Å². The Labute approximate surface area is 114 Å².